The number of aliphatic hydroxyl groups excluding tert-OH is 1. The summed E-state index contributed by atoms with van der Waals surface area (Å²) >= 11 is 0. The van der Waals surface area contributed by atoms with Crippen LogP contribution in [0, 0.1) is 6.92 Å². The molecule has 0 saturated heterocycles. The number of benzene rings is 1. The minimum absolute atomic E-state index is 0.0158. The molecule has 0 amide bonds. The highest BCUT2D eigenvalue weighted by Crippen LogP contribution is 2.20. The van der Waals surface area contributed by atoms with Crippen molar-refractivity contribution in [2.24, 2.45) is 5.73 Å². The lowest BCUT2D eigenvalue weighted by Crippen LogP contribution is -2.42. The second-order valence-electron chi connectivity index (χ2n) is 4.29. The first kappa shape index (κ1) is 12.0. The highest BCUT2D eigenvalue weighted by atomic mass is 16.5. The van der Waals surface area contributed by atoms with Crippen molar-refractivity contribution in [2.45, 2.75) is 25.8 Å². The van der Waals surface area contributed by atoms with Crippen molar-refractivity contribution in [1.82, 2.24) is 0 Å². The number of aryl methyl sites for hydroxylation is 1. The zero-order valence-electron chi connectivity index (χ0n) is 9.58. The van der Waals surface area contributed by atoms with Crippen molar-refractivity contribution >= 4 is 0 Å². The SMILES string of the molecule is COc1ccc(CC(C)(N)CO)cc1C. The average molecular weight is 209 g/mol. The highest BCUT2D eigenvalue weighted by Gasteiger charge is 2.17. The Morgan fingerprint density at radius 1 is 1.47 bits per heavy atom. The normalized spacial score (nSPS) is 14.7. The van der Waals surface area contributed by atoms with Crippen molar-refractivity contribution in [3.8, 4) is 5.75 Å². The van der Waals surface area contributed by atoms with Gasteiger partial charge in [0, 0.05) is 5.54 Å². The number of rotatable bonds is 4. The van der Waals surface area contributed by atoms with Crippen molar-refractivity contribution in [3.05, 3.63) is 29.3 Å². The van der Waals surface area contributed by atoms with E-state index in [9.17, 15) is 0 Å². The minimum Gasteiger partial charge on any atom is -0.496 e. The summed E-state index contributed by atoms with van der Waals surface area (Å²) in [6.45, 7) is 3.82. The van der Waals surface area contributed by atoms with Gasteiger partial charge in [-0.15, -0.1) is 0 Å². The van der Waals surface area contributed by atoms with Crippen LogP contribution in [-0.2, 0) is 6.42 Å². The molecule has 1 unspecified atom stereocenters. The molecule has 0 spiro atoms. The molecule has 1 rings (SSSR count). The number of hydrogen-bond acceptors (Lipinski definition) is 3. The third-order valence-corrected chi connectivity index (χ3v) is 2.43. The summed E-state index contributed by atoms with van der Waals surface area (Å²) in [5.41, 5.74) is 7.54. The van der Waals surface area contributed by atoms with E-state index in [2.05, 4.69) is 0 Å². The van der Waals surface area contributed by atoms with Crippen molar-refractivity contribution in [2.75, 3.05) is 13.7 Å². The molecule has 1 aromatic rings. The Morgan fingerprint density at radius 3 is 2.60 bits per heavy atom. The molecule has 3 heteroatoms. The van der Waals surface area contributed by atoms with Gasteiger partial charge in [0.1, 0.15) is 5.75 Å². The van der Waals surface area contributed by atoms with Crippen LogP contribution in [0.3, 0.4) is 0 Å². The number of aliphatic hydroxyl groups is 1. The maximum atomic E-state index is 9.08. The fourth-order valence-electron chi connectivity index (χ4n) is 1.57. The first-order valence-electron chi connectivity index (χ1n) is 5.02. The Bertz CT molecular complexity index is 334. The summed E-state index contributed by atoms with van der Waals surface area (Å²) in [4.78, 5) is 0. The Labute approximate surface area is 90.9 Å². The monoisotopic (exact) mass is 209 g/mol. The Hall–Kier alpha value is -1.06. The fraction of sp³-hybridized carbons (Fsp3) is 0.500. The van der Waals surface area contributed by atoms with E-state index in [1.807, 2.05) is 32.0 Å². The smallest absolute Gasteiger partial charge is 0.121 e. The number of methoxy groups -OCH3 is 1. The van der Waals surface area contributed by atoms with Gasteiger partial charge in [0.2, 0.25) is 0 Å². The molecule has 0 radical (unpaired) electrons. The maximum Gasteiger partial charge on any atom is 0.121 e. The van der Waals surface area contributed by atoms with Crippen LogP contribution >= 0.6 is 0 Å². The molecule has 0 saturated carbocycles. The molecule has 3 N–H and O–H groups in total. The summed E-state index contributed by atoms with van der Waals surface area (Å²) in [6.07, 6.45) is 0.661. The molecular formula is C12H19NO2. The van der Waals surface area contributed by atoms with Gasteiger partial charge >= 0.3 is 0 Å². The highest BCUT2D eigenvalue weighted by molar-refractivity contribution is 5.36. The van der Waals surface area contributed by atoms with E-state index in [0.717, 1.165) is 16.9 Å². The maximum absolute atomic E-state index is 9.08. The molecule has 0 aliphatic carbocycles. The topological polar surface area (TPSA) is 55.5 Å². The third kappa shape index (κ3) is 3.22. The summed E-state index contributed by atoms with van der Waals surface area (Å²) in [5.74, 6) is 0.876. The fourth-order valence-corrected chi connectivity index (χ4v) is 1.57. The molecule has 1 atom stereocenters. The first-order chi connectivity index (χ1) is 6.98. The van der Waals surface area contributed by atoms with Crippen molar-refractivity contribution in [1.29, 1.82) is 0 Å². The van der Waals surface area contributed by atoms with E-state index in [-0.39, 0.29) is 6.61 Å². The van der Waals surface area contributed by atoms with Gasteiger partial charge in [-0.2, -0.15) is 0 Å². The summed E-state index contributed by atoms with van der Waals surface area (Å²) in [7, 11) is 1.66. The molecular weight excluding hydrogens is 190 g/mol. The quantitative estimate of drug-likeness (QED) is 0.784. The second-order valence-corrected chi connectivity index (χ2v) is 4.29. The van der Waals surface area contributed by atoms with Crippen molar-refractivity contribution < 1.29 is 9.84 Å². The first-order valence-corrected chi connectivity index (χ1v) is 5.02. The lowest BCUT2D eigenvalue weighted by Gasteiger charge is -2.22. The molecule has 0 bridgehead atoms. The molecule has 0 heterocycles. The van der Waals surface area contributed by atoms with Crippen LogP contribution in [-0.4, -0.2) is 24.4 Å². The zero-order chi connectivity index (χ0) is 11.5. The van der Waals surface area contributed by atoms with E-state index < -0.39 is 5.54 Å². The summed E-state index contributed by atoms with van der Waals surface area (Å²) < 4.78 is 5.18. The molecule has 0 aliphatic heterocycles. The number of hydrogen-bond donors (Lipinski definition) is 2. The predicted octanol–water partition coefficient (Wildman–Crippen LogP) is 1.26. The van der Waals surface area contributed by atoms with E-state index in [1.54, 1.807) is 7.11 Å². The van der Waals surface area contributed by atoms with Crippen LogP contribution < -0.4 is 10.5 Å². The molecule has 3 nitrogen and oxygen atoms in total. The molecule has 0 aliphatic rings. The van der Waals surface area contributed by atoms with Crippen LogP contribution in [0.4, 0.5) is 0 Å². The molecule has 0 aromatic heterocycles. The minimum atomic E-state index is -0.555. The van der Waals surface area contributed by atoms with Gasteiger partial charge in [-0.3, -0.25) is 0 Å². The van der Waals surface area contributed by atoms with Gasteiger partial charge in [0.25, 0.3) is 0 Å². The van der Waals surface area contributed by atoms with E-state index in [0.29, 0.717) is 6.42 Å². The van der Waals surface area contributed by atoms with E-state index in [1.165, 1.54) is 0 Å². The van der Waals surface area contributed by atoms with E-state index in [4.69, 9.17) is 15.6 Å². The number of nitrogens with two attached hydrogens (primary N) is 1. The summed E-state index contributed by atoms with van der Waals surface area (Å²) in [6, 6.07) is 5.95. The Kier molecular flexibility index (Phi) is 3.72. The molecule has 0 fully saturated rings. The Balaban J connectivity index is 2.84. The van der Waals surface area contributed by atoms with Crippen molar-refractivity contribution in [3.63, 3.8) is 0 Å². The van der Waals surface area contributed by atoms with Gasteiger partial charge < -0.3 is 15.6 Å². The van der Waals surface area contributed by atoms with Crippen LogP contribution in [0.1, 0.15) is 18.1 Å². The summed E-state index contributed by atoms with van der Waals surface area (Å²) in [5, 5.41) is 9.08. The molecule has 15 heavy (non-hydrogen) atoms. The molecule has 84 valence electrons. The van der Waals surface area contributed by atoms with Gasteiger partial charge in [0.05, 0.1) is 13.7 Å². The second kappa shape index (κ2) is 4.64. The van der Waals surface area contributed by atoms with Gasteiger partial charge in [-0.1, -0.05) is 12.1 Å². The van der Waals surface area contributed by atoms with Crippen LogP contribution in [0.5, 0.6) is 5.75 Å². The van der Waals surface area contributed by atoms with Gasteiger partial charge in [0.15, 0.2) is 0 Å². The lowest BCUT2D eigenvalue weighted by atomic mass is 9.94. The number of ether oxygens (including phenoxy) is 1. The molecule has 1 aromatic carbocycles. The van der Waals surface area contributed by atoms with Crippen LogP contribution in [0.2, 0.25) is 0 Å². The average Bonchev–Trinajstić information content (AvgIpc) is 2.17. The largest absolute Gasteiger partial charge is 0.496 e. The van der Waals surface area contributed by atoms with Crippen LogP contribution in [0.25, 0.3) is 0 Å². The van der Waals surface area contributed by atoms with Gasteiger partial charge in [-0.05, 0) is 37.5 Å². The standard InChI is InChI=1S/C12H19NO2/c1-9-6-10(4-5-11(9)15-3)7-12(2,13)8-14/h4-6,14H,7-8,13H2,1-3H3. The Morgan fingerprint density at radius 2 is 2.13 bits per heavy atom. The zero-order valence-corrected chi connectivity index (χ0v) is 9.58. The van der Waals surface area contributed by atoms with Gasteiger partial charge in [-0.25, -0.2) is 0 Å². The van der Waals surface area contributed by atoms with Crippen LogP contribution in [0.15, 0.2) is 18.2 Å². The van der Waals surface area contributed by atoms with E-state index >= 15 is 0 Å². The third-order valence-electron chi connectivity index (χ3n) is 2.43. The predicted molar refractivity (Wildman–Crippen MR) is 61.1 cm³/mol. The lowest BCUT2D eigenvalue weighted by molar-refractivity contribution is 0.208.